The molecule has 0 amide bonds. The summed E-state index contributed by atoms with van der Waals surface area (Å²) >= 11 is 0. The molecule has 2 rings (SSSR count). The van der Waals surface area contributed by atoms with E-state index in [1.807, 2.05) is 26.8 Å². The summed E-state index contributed by atoms with van der Waals surface area (Å²) in [7, 11) is -3.70. The Morgan fingerprint density at radius 1 is 1.20 bits per heavy atom. The zero-order chi connectivity index (χ0) is 14.9. The molecule has 2 aromatic rings. The Morgan fingerprint density at radius 3 is 2.45 bits per heavy atom. The maximum atomic E-state index is 12.3. The Bertz CT molecular complexity index is 715. The van der Waals surface area contributed by atoms with E-state index in [1.54, 1.807) is 17.6 Å². The van der Waals surface area contributed by atoms with Crippen LogP contribution in [0.4, 0.5) is 5.82 Å². The van der Waals surface area contributed by atoms with Gasteiger partial charge >= 0.3 is 0 Å². The number of aromatic nitrogens is 3. The van der Waals surface area contributed by atoms with Crippen LogP contribution in [0.2, 0.25) is 0 Å². The van der Waals surface area contributed by atoms with Crippen LogP contribution >= 0.6 is 0 Å². The number of rotatable bonds is 4. The minimum Gasteiger partial charge on any atom is -0.334 e. The van der Waals surface area contributed by atoms with Crippen LogP contribution < -0.4 is 4.72 Å². The van der Waals surface area contributed by atoms with Gasteiger partial charge in [0.2, 0.25) is 0 Å². The third kappa shape index (κ3) is 2.98. The summed E-state index contributed by atoms with van der Waals surface area (Å²) < 4.78 is 28.8. The van der Waals surface area contributed by atoms with E-state index in [-0.39, 0.29) is 5.03 Å². The topological polar surface area (TPSA) is 76.9 Å². The Balaban J connectivity index is 2.35. The third-order valence-corrected chi connectivity index (χ3v) is 4.13. The average Bonchev–Trinajstić information content (AvgIpc) is 2.69. The van der Waals surface area contributed by atoms with Gasteiger partial charge in [0.05, 0.1) is 0 Å². The molecule has 0 aliphatic heterocycles. The zero-order valence-corrected chi connectivity index (χ0v) is 12.8. The molecule has 0 fully saturated rings. The van der Waals surface area contributed by atoms with Gasteiger partial charge in [0.25, 0.3) is 10.0 Å². The second-order valence-corrected chi connectivity index (χ2v) is 6.32. The van der Waals surface area contributed by atoms with Crippen molar-refractivity contribution in [3.63, 3.8) is 0 Å². The molecule has 6 nitrogen and oxygen atoms in total. The standard InChI is InChI=1S/C13H18N4O2S/c1-5-17-8-13(15-11(17)4)20(18,19)16-12-7-9(2)6-10(3)14-12/h6-8H,5H2,1-4H3,(H,14,16). The second kappa shape index (κ2) is 5.24. The van der Waals surface area contributed by atoms with Crippen molar-refractivity contribution >= 4 is 15.8 Å². The number of imidazole rings is 1. The van der Waals surface area contributed by atoms with E-state index in [9.17, 15) is 8.42 Å². The number of aryl methyl sites for hydroxylation is 4. The summed E-state index contributed by atoms with van der Waals surface area (Å²) in [6.07, 6.45) is 1.53. The molecular weight excluding hydrogens is 276 g/mol. The SMILES string of the molecule is CCn1cc(S(=O)(=O)Nc2cc(C)cc(C)n2)nc1C. The quantitative estimate of drug-likeness (QED) is 0.936. The predicted octanol–water partition coefficient (Wildman–Crippen LogP) is 2.02. The van der Waals surface area contributed by atoms with Crippen molar-refractivity contribution in [1.82, 2.24) is 14.5 Å². The zero-order valence-electron chi connectivity index (χ0n) is 12.0. The molecule has 1 N–H and O–H groups in total. The number of pyridine rings is 1. The van der Waals surface area contributed by atoms with Crippen molar-refractivity contribution < 1.29 is 8.42 Å². The summed E-state index contributed by atoms with van der Waals surface area (Å²) in [5.41, 5.74) is 1.71. The molecule has 2 aromatic heterocycles. The lowest BCUT2D eigenvalue weighted by Gasteiger charge is -2.06. The van der Waals surface area contributed by atoms with Gasteiger partial charge in [-0.3, -0.25) is 4.72 Å². The molecule has 0 spiro atoms. The van der Waals surface area contributed by atoms with Crippen molar-refractivity contribution in [2.75, 3.05) is 4.72 Å². The first-order valence-corrected chi connectivity index (χ1v) is 7.82. The molecule has 0 radical (unpaired) electrons. The van der Waals surface area contributed by atoms with Crippen molar-refractivity contribution in [2.45, 2.75) is 39.3 Å². The van der Waals surface area contributed by atoms with E-state index < -0.39 is 10.0 Å². The fraction of sp³-hybridized carbons (Fsp3) is 0.385. The summed E-state index contributed by atoms with van der Waals surface area (Å²) in [6.45, 7) is 8.10. The summed E-state index contributed by atoms with van der Waals surface area (Å²) in [5.74, 6) is 0.979. The van der Waals surface area contributed by atoms with E-state index in [0.29, 0.717) is 18.2 Å². The van der Waals surface area contributed by atoms with Crippen LogP contribution in [0.5, 0.6) is 0 Å². The first-order chi connectivity index (χ1) is 9.31. The molecule has 0 saturated heterocycles. The molecule has 0 aliphatic carbocycles. The van der Waals surface area contributed by atoms with Crippen LogP contribution in [-0.4, -0.2) is 23.0 Å². The van der Waals surface area contributed by atoms with Gasteiger partial charge in [-0.15, -0.1) is 0 Å². The Hall–Kier alpha value is -1.89. The van der Waals surface area contributed by atoms with E-state index >= 15 is 0 Å². The smallest absolute Gasteiger partial charge is 0.282 e. The molecule has 20 heavy (non-hydrogen) atoms. The Morgan fingerprint density at radius 2 is 1.90 bits per heavy atom. The van der Waals surface area contributed by atoms with Crippen molar-refractivity contribution in [3.05, 3.63) is 35.4 Å². The summed E-state index contributed by atoms with van der Waals surface area (Å²) in [6, 6.07) is 3.57. The number of nitrogens with one attached hydrogen (secondary N) is 1. The lowest BCUT2D eigenvalue weighted by Crippen LogP contribution is -2.14. The Labute approximate surface area is 118 Å². The largest absolute Gasteiger partial charge is 0.334 e. The van der Waals surface area contributed by atoms with Gasteiger partial charge in [0.15, 0.2) is 5.03 Å². The molecule has 0 aliphatic rings. The van der Waals surface area contributed by atoms with Gasteiger partial charge in [-0.1, -0.05) is 0 Å². The molecule has 0 atom stereocenters. The van der Waals surface area contributed by atoms with Crippen LogP contribution in [0, 0.1) is 20.8 Å². The van der Waals surface area contributed by atoms with Crippen LogP contribution in [0.15, 0.2) is 23.4 Å². The molecule has 108 valence electrons. The average molecular weight is 294 g/mol. The lowest BCUT2D eigenvalue weighted by molar-refractivity contribution is 0.597. The monoisotopic (exact) mass is 294 g/mol. The predicted molar refractivity (Wildman–Crippen MR) is 77.2 cm³/mol. The molecule has 0 saturated carbocycles. The summed E-state index contributed by atoms with van der Waals surface area (Å²) in [5, 5.41) is 0.0119. The van der Waals surface area contributed by atoms with Gasteiger partial charge in [-0.25, -0.2) is 9.97 Å². The van der Waals surface area contributed by atoms with E-state index in [0.717, 1.165) is 11.3 Å². The first kappa shape index (κ1) is 14.5. The van der Waals surface area contributed by atoms with Gasteiger partial charge in [-0.2, -0.15) is 8.42 Å². The highest BCUT2D eigenvalue weighted by Crippen LogP contribution is 2.16. The van der Waals surface area contributed by atoms with Crippen molar-refractivity contribution in [2.24, 2.45) is 0 Å². The van der Waals surface area contributed by atoms with E-state index in [1.165, 1.54) is 6.20 Å². The highest BCUT2D eigenvalue weighted by Gasteiger charge is 2.19. The Kier molecular flexibility index (Phi) is 3.80. The molecule has 0 bridgehead atoms. The highest BCUT2D eigenvalue weighted by molar-refractivity contribution is 7.92. The normalized spacial score (nSPS) is 11.6. The van der Waals surface area contributed by atoms with Gasteiger partial charge in [0, 0.05) is 18.4 Å². The fourth-order valence-corrected chi connectivity index (χ4v) is 3.02. The molecule has 0 unspecified atom stereocenters. The lowest BCUT2D eigenvalue weighted by atomic mass is 10.2. The first-order valence-electron chi connectivity index (χ1n) is 6.33. The van der Waals surface area contributed by atoms with E-state index in [4.69, 9.17) is 0 Å². The fourth-order valence-electron chi connectivity index (χ4n) is 2.01. The van der Waals surface area contributed by atoms with Gasteiger partial charge in [0.1, 0.15) is 11.6 Å². The van der Waals surface area contributed by atoms with Crippen LogP contribution in [0.1, 0.15) is 24.0 Å². The maximum absolute atomic E-state index is 12.3. The molecule has 0 aromatic carbocycles. The molecule has 7 heteroatoms. The van der Waals surface area contributed by atoms with Crippen LogP contribution in [-0.2, 0) is 16.6 Å². The maximum Gasteiger partial charge on any atom is 0.282 e. The van der Waals surface area contributed by atoms with Crippen LogP contribution in [0.25, 0.3) is 0 Å². The molecular formula is C13H18N4O2S. The third-order valence-electron chi connectivity index (χ3n) is 2.91. The number of nitrogens with zero attached hydrogens (tertiary/aromatic N) is 3. The van der Waals surface area contributed by atoms with Crippen molar-refractivity contribution in [3.8, 4) is 0 Å². The van der Waals surface area contributed by atoms with Gasteiger partial charge in [-0.05, 0) is 45.4 Å². The van der Waals surface area contributed by atoms with E-state index in [2.05, 4.69) is 14.7 Å². The number of anilines is 1. The summed E-state index contributed by atoms with van der Waals surface area (Å²) in [4.78, 5) is 8.25. The van der Waals surface area contributed by atoms with Crippen LogP contribution in [0.3, 0.4) is 0 Å². The van der Waals surface area contributed by atoms with Gasteiger partial charge < -0.3 is 4.57 Å². The second-order valence-electron chi connectivity index (χ2n) is 4.69. The van der Waals surface area contributed by atoms with Crippen molar-refractivity contribution in [1.29, 1.82) is 0 Å². The number of hydrogen-bond acceptors (Lipinski definition) is 4. The highest BCUT2D eigenvalue weighted by atomic mass is 32.2. The molecule has 2 heterocycles. The number of hydrogen-bond donors (Lipinski definition) is 1. The minimum atomic E-state index is -3.70. The minimum absolute atomic E-state index is 0.0119. The number of sulfonamides is 1.